The molecule has 2 aromatic rings. The maximum absolute atomic E-state index is 8.91. The Morgan fingerprint density at radius 3 is 2.20 bits per heavy atom. The fourth-order valence-corrected chi connectivity index (χ4v) is 4.23. The first-order chi connectivity index (χ1) is 12.3. The summed E-state index contributed by atoms with van der Waals surface area (Å²) in [7, 11) is 0. The average molecular weight is 331 g/mol. The molecule has 2 unspecified atom stereocenters. The minimum atomic E-state index is -0.757. The second kappa shape index (κ2) is 5.80. The molecule has 2 aliphatic heterocycles. The lowest BCUT2D eigenvalue weighted by molar-refractivity contribution is 0.268. The van der Waals surface area contributed by atoms with Crippen molar-refractivity contribution in [3.63, 3.8) is 0 Å². The van der Waals surface area contributed by atoms with E-state index in [0.717, 1.165) is 5.70 Å². The molecule has 128 valence electrons. The maximum Gasteiger partial charge on any atom is 0.133 e. The molecule has 0 aromatic heterocycles. The van der Waals surface area contributed by atoms with Gasteiger partial charge in [0.1, 0.15) is 6.17 Å². The number of hydrogen-bond acceptors (Lipinski definition) is 2. The summed E-state index contributed by atoms with van der Waals surface area (Å²) >= 11 is 0. The Balaban J connectivity index is 1.98. The minimum absolute atomic E-state index is 0.00944. The van der Waals surface area contributed by atoms with E-state index in [1.165, 1.54) is 33.6 Å². The summed E-state index contributed by atoms with van der Waals surface area (Å²) in [6.07, 6.45) is 4.10. The Bertz CT molecular complexity index is 919. The van der Waals surface area contributed by atoms with Crippen LogP contribution in [-0.2, 0) is 0 Å². The molecule has 0 aliphatic carbocycles. The zero-order chi connectivity index (χ0) is 18.6. The van der Waals surface area contributed by atoms with Gasteiger partial charge >= 0.3 is 0 Å². The van der Waals surface area contributed by atoms with Crippen molar-refractivity contribution >= 4 is 5.69 Å². The number of para-hydroxylation sites is 1. The van der Waals surface area contributed by atoms with E-state index in [1.807, 2.05) is 13.0 Å². The van der Waals surface area contributed by atoms with Crippen molar-refractivity contribution in [2.75, 3.05) is 4.90 Å². The first kappa shape index (κ1) is 14.8. The van der Waals surface area contributed by atoms with Crippen LogP contribution in [0.2, 0.25) is 0 Å². The number of aryl methyl sites for hydroxylation is 3. The van der Waals surface area contributed by atoms with E-state index in [-0.39, 0.29) is 6.17 Å². The number of hydrogen-bond donors (Lipinski definition) is 0. The SMILES string of the molecule is [2H]C1(C)C=CC2=C(C)N(c3ccccc3C)C(c3c(C)cccc3C)N21. The molecule has 0 amide bonds. The molecule has 0 fully saturated rings. The summed E-state index contributed by atoms with van der Waals surface area (Å²) in [5.41, 5.74) is 8.66. The third-order valence-corrected chi connectivity index (χ3v) is 5.52. The zero-order valence-electron chi connectivity index (χ0n) is 16.7. The van der Waals surface area contributed by atoms with E-state index in [1.54, 1.807) is 0 Å². The van der Waals surface area contributed by atoms with Crippen molar-refractivity contribution in [2.24, 2.45) is 0 Å². The van der Waals surface area contributed by atoms with Gasteiger partial charge in [0.05, 0.1) is 7.07 Å². The highest BCUT2D eigenvalue weighted by Crippen LogP contribution is 2.48. The van der Waals surface area contributed by atoms with E-state index in [0.29, 0.717) is 0 Å². The molecule has 0 saturated heterocycles. The van der Waals surface area contributed by atoms with E-state index in [2.05, 4.69) is 86.0 Å². The highest BCUT2D eigenvalue weighted by Gasteiger charge is 2.42. The Kier molecular flexibility index (Phi) is 3.44. The van der Waals surface area contributed by atoms with Gasteiger partial charge < -0.3 is 9.80 Å². The molecular formula is C23H26N2. The Labute approximate surface area is 152 Å². The number of nitrogens with zero attached hydrogens (tertiary/aromatic N) is 2. The van der Waals surface area contributed by atoms with E-state index in [4.69, 9.17) is 1.37 Å². The number of fused-ring (bicyclic) bond motifs is 1. The lowest BCUT2D eigenvalue weighted by Gasteiger charge is -2.38. The summed E-state index contributed by atoms with van der Waals surface area (Å²) < 4.78 is 8.91. The molecule has 4 rings (SSSR count). The third-order valence-electron chi connectivity index (χ3n) is 5.52. The predicted octanol–water partition coefficient (Wildman–Crippen LogP) is 5.62. The minimum Gasteiger partial charge on any atom is -0.339 e. The van der Waals surface area contributed by atoms with Crippen LogP contribution in [0, 0.1) is 20.8 Å². The van der Waals surface area contributed by atoms with Gasteiger partial charge in [0.2, 0.25) is 0 Å². The van der Waals surface area contributed by atoms with Crippen LogP contribution in [0.3, 0.4) is 0 Å². The maximum atomic E-state index is 8.91. The first-order valence-corrected chi connectivity index (χ1v) is 8.93. The van der Waals surface area contributed by atoms with Crippen molar-refractivity contribution in [1.29, 1.82) is 0 Å². The molecule has 25 heavy (non-hydrogen) atoms. The Hall–Kier alpha value is -2.48. The van der Waals surface area contributed by atoms with Crippen molar-refractivity contribution in [3.8, 4) is 0 Å². The Morgan fingerprint density at radius 2 is 1.52 bits per heavy atom. The van der Waals surface area contributed by atoms with Crippen LogP contribution in [0.1, 0.15) is 43.6 Å². The lowest BCUT2D eigenvalue weighted by atomic mass is 9.98. The highest BCUT2D eigenvalue weighted by molar-refractivity contribution is 5.64. The first-order valence-electron chi connectivity index (χ1n) is 9.43. The van der Waals surface area contributed by atoms with E-state index >= 15 is 0 Å². The van der Waals surface area contributed by atoms with Gasteiger partial charge in [-0.05, 0) is 63.5 Å². The van der Waals surface area contributed by atoms with Crippen LogP contribution in [0.5, 0.6) is 0 Å². The zero-order valence-corrected chi connectivity index (χ0v) is 15.7. The van der Waals surface area contributed by atoms with Crippen LogP contribution in [0.15, 0.2) is 66.0 Å². The van der Waals surface area contributed by atoms with E-state index < -0.39 is 6.02 Å². The van der Waals surface area contributed by atoms with Crippen molar-refractivity contribution in [2.45, 2.75) is 46.8 Å². The van der Waals surface area contributed by atoms with Gasteiger partial charge in [0, 0.05) is 23.0 Å². The molecule has 0 spiro atoms. The summed E-state index contributed by atoms with van der Waals surface area (Å²) in [4.78, 5) is 4.67. The van der Waals surface area contributed by atoms with E-state index in [9.17, 15) is 0 Å². The van der Waals surface area contributed by atoms with Gasteiger partial charge in [-0.2, -0.15) is 0 Å². The largest absolute Gasteiger partial charge is 0.339 e. The monoisotopic (exact) mass is 331 g/mol. The Morgan fingerprint density at radius 1 is 0.880 bits per heavy atom. The third kappa shape index (κ3) is 2.31. The standard InChI is InChI=1S/C23H26N2/c1-15-9-6-7-12-20(15)25-19(5)21-14-13-18(4)24(21)23(25)22-16(2)10-8-11-17(22)3/h6-14,18,23H,1-5H3/i18D. The molecule has 0 radical (unpaired) electrons. The lowest BCUT2D eigenvalue weighted by Crippen LogP contribution is -2.36. The molecule has 2 aliphatic rings. The molecule has 2 heteroatoms. The van der Waals surface area contributed by atoms with Crippen LogP contribution in [0.25, 0.3) is 0 Å². The van der Waals surface area contributed by atoms with Crippen LogP contribution in [0.4, 0.5) is 5.69 Å². The quantitative estimate of drug-likeness (QED) is 0.704. The fourth-order valence-electron chi connectivity index (χ4n) is 4.23. The van der Waals surface area contributed by atoms with Gasteiger partial charge in [-0.3, -0.25) is 0 Å². The highest BCUT2D eigenvalue weighted by atomic mass is 15.4. The molecule has 0 bridgehead atoms. The molecule has 2 heterocycles. The molecule has 0 saturated carbocycles. The van der Waals surface area contributed by atoms with Crippen LogP contribution >= 0.6 is 0 Å². The summed E-state index contributed by atoms with van der Waals surface area (Å²) in [6, 6.07) is 14.2. The molecule has 2 nitrogen and oxygen atoms in total. The van der Waals surface area contributed by atoms with Gasteiger partial charge in [-0.15, -0.1) is 0 Å². The predicted molar refractivity (Wildman–Crippen MR) is 105 cm³/mol. The molecule has 2 atom stereocenters. The molecular weight excluding hydrogens is 304 g/mol. The summed E-state index contributed by atoms with van der Waals surface area (Å²) in [6.45, 7) is 10.7. The summed E-state index contributed by atoms with van der Waals surface area (Å²) in [5.74, 6) is 0. The average Bonchev–Trinajstić information content (AvgIpc) is 3.04. The van der Waals surface area contributed by atoms with Gasteiger partial charge in [0.25, 0.3) is 0 Å². The van der Waals surface area contributed by atoms with Gasteiger partial charge in [-0.1, -0.05) is 42.5 Å². The number of anilines is 1. The summed E-state index contributed by atoms with van der Waals surface area (Å²) in [5, 5.41) is 0. The van der Waals surface area contributed by atoms with Crippen LogP contribution < -0.4 is 4.90 Å². The number of benzene rings is 2. The molecule has 2 aromatic carbocycles. The van der Waals surface area contributed by atoms with Crippen molar-refractivity contribution in [3.05, 3.63) is 88.3 Å². The fraction of sp³-hybridized carbons (Fsp3) is 0.304. The van der Waals surface area contributed by atoms with Crippen molar-refractivity contribution < 1.29 is 1.37 Å². The van der Waals surface area contributed by atoms with Gasteiger partial charge in [0.15, 0.2) is 0 Å². The normalized spacial score (nSPS) is 25.6. The van der Waals surface area contributed by atoms with Crippen LogP contribution in [-0.4, -0.2) is 10.9 Å². The van der Waals surface area contributed by atoms with Gasteiger partial charge in [-0.25, -0.2) is 0 Å². The second-order valence-electron chi connectivity index (χ2n) is 7.15. The topological polar surface area (TPSA) is 6.48 Å². The number of rotatable bonds is 2. The molecule has 0 N–H and O–H groups in total. The number of allylic oxidation sites excluding steroid dienone is 2. The van der Waals surface area contributed by atoms with Crippen molar-refractivity contribution in [1.82, 2.24) is 4.90 Å². The second-order valence-corrected chi connectivity index (χ2v) is 7.15. The smallest absolute Gasteiger partial charge is 0.133 e.